The van der Waals surface area contributed by atoms with E-state index in [1.807, 2.05) is 78.2 Å². The van der Waals surface area contributed by atoms with Crippen LogP contribution in [0.4, 0.5) is 0 Å². The quantitative estimate of drug-likeness (QED) is 0.574. The fourth-order valence-electron chi connectivity index (χ4n) is 4.50. The van der Waals surface area contributed by atoms with Crippen LogP contribution >= 0.6 is 0 Å². The summed E-state index contributed by atoms with van der Waals surface area (Å²) in [6, 6.07) is 17.5. The van der Waals surface area contributed by atoms with Crippen LogP contribution in [0.5, 0.6) is 0 Å². The summed E-state index contributed by atoms with van der Waals surface area (Å²) < 4.78 is 1.73. The molecule has 0 saturated carbocycles. The number of amides is 2. The summed E-state index contributed by atoms with van der Waals surface area (Å²) in [7, 11) is 0. The summed E-state index contributed by atoms with van der Waals surface area (Å²) in [5, 5.41) is 8.53. The van der Waals surface area contributed by atoms with Crippen molar-refractivity contribution in [3.05, 3.63) is 77.1 Å². The second-order valence-corrected chi connectivity index (χ2v) is 8.66. The fraction of sp³-hybridized carbons (Fsp3) is 0.385. The first-order valence-electron chi connectivity index (χ1n) is 11.6. The highest BCUT2D eigenvalue weighted by molar-refractivity contribution is 5.95. The number of aryl methyl sites for hydroxylation is 1. The average Bonchev–Trinajstić information content (AvgIpc) is 3.23. The van der Waals surface area contributed by atoms with Crippen molar-refractivity contribution in [2.75, 3.05) is 19.6 Å². The molecule has 0 spiro atoms. The maximum atomic E-state index is 13.5. The van der Waals surface area contributed by atoms with Crippen LogP contribution in [0.25, 0.3) is 5.69 Å². The summed E-state index contributed by atoms with van der Waals surface area (Å²) in [6.07, 6.45) is 2.38. The molecule has 7 heteroatoms. The molecule has 0 N–H and O–H groups in total. The number of hydrogen-bond acceptors (Lipinski definition) is 4. The molecular formula is C26H31N5O2. The molecule has 2 amide bonds. The van der Waals surface area contributed by atoms with E-state index in [1.54, 1.807) is 4.68 Å². The third-order valence-electron chi connectivity index (χ3n) is 6.28. The zero-order valence-corrected chi connectivity index (χ0v) is 19.6. The highest BCUT2D eigenvalue weighted by atomic mass is 16.2. The molecule has 172 valence electrons. The van der Waals surface area contributed by atoms with Crippen LogP contribution in [-0.2, 0) is 0 Å². The van der Waals surface area contributed by atoms with Gasteiger partial charge in [0.1, 0.15) is 0 Å². The van der Waals surface area contributed by atoms with E-state index in [0.717, 1.165) is 36.2 Å². The number of likely N-dealkylation sites (tertiary alicyclic amines) is 1. The second-order valence-electron chi connectivity index (χ2n) is 8.66. The van der Waals surface area contributed by atoms with Crippen molar-refractivity contribution < 1.29 is 9.59 Å². The van der Waals surface area contributed by atoms with E-state index in [-0.39, 0.29) is 17.9 Å². The van der Waals surface area contributed by atoms with Crippen LogP contribution < -0.4 is 0 Å². The normalized spacial score (nSPS) is 14.3. The van der Waals surface area contributed by atoms with Crippen molar-refractivity contribution in [3.8, 4) is 5.69 Å². The lowest BCUT2D eigenvalue weighted by atomic mass is 10.0. The van der Waals surface area contributed by atoms with E-state index in [4.69, 9.17) is 0 Å². The molecule has 2 aromatic carbocycles. The molecule has 2 heterocycles. The van der Waals surface area contributed by atoms with Crippen LogP contribution in [0.15, 0.2) is 54.6 Å². The lowest BCUT2D eigenvalue weighted by molar-refractivity contribution is 0.0515. The number of piperidine rings is 1. The zero-order chi connectivity index (χ0) is 23.4. The van der Waals surface area contributed by atoms with Gasteiger partial charge in [0.2, 0.25) is 0 Å². The van der Waals surface area contributed by atoms with Gasteiger partial charge in [0.25, 0.3) is 11.8 Å². The van der Waals surface area contributed by atoms with E-state index in [9.17, 15) is 9.59 Å². The molecule has 33 heavy (non-hydrogen) atoms. The first-order valence-corrected chi connectivity index (χ1v) is 11.6. The number of hydrogen-bond donors (Lipinski definition) is 0. The van der Waals surface area contributed by atoms with Crippen molar-refractivity contribution in [2.24, 2.45) is 0 Å². The molecule has 1 aromatic heterocycles. The van der Waals surface area contributed by atoms with Gasteiger partial charge in [-0.2, -0.15) is 0 Å². The molecule has 4 rings (SSSR count). The van der Waals surface area contributed by atoms with Gasteiger partial charge < -0.3 is 9.80 Å². The van der Waals surface area contributed by atoms with Gasteiger partial charge in [-0.05, 0) is 62.9 Å². The molecule has 1 aliphatic heterocycles. The number of carbonyl (C=O) groups is 2. The Hall–Kier alpha value is -3.48. The molecule has 1 fully saturated rings. The Bertz CT molecular complexity index is 1120. The first kappa shape index (κ1) is 22.7. The Morgan fingerprint density at radius 1 is 1.03 bits per heavy atom. The maximum Gasteiger partial charge on any atom is 0.276 e. The lowest BCUT2D eigenvalue weighted by Crippen LogP contribution is -2.49. The summed E-state index contributed by atoms with van der Waals surface area (Å²) in [4.78, 5) is 30.1. The fourth-order valence-corrected chi connectivity index (χ4v) is 4.50. The van der Waals surface area contributed by atoms with Gasteiger partial charge in [0.15, 0.2) is 5.69 Å². The SMILES string of the molecule is CCCN(C(=O)c1nnn(-c2cccc(C)c2)c1C)C1CCN(C(=O)c2ccccc2)CC1. The Kier molecular flexibility index (Phi) is 6.87. The molecule has 0 atom stereocenters. The number of benzene rings is 2. The summed E-state index contributed by atoms with van der Waals surface area (Å²) >= 11 is 0. The molecular weight excluding hydrogens is 414 g/mol. The van der Waals surface area contributed by atoms with Crippen LogP contribution in [0.3, 0.4) is 0 Å². The Morgan fingerprint density at radius 3 is 2.42 bits per heavy atom. The predicted octanol–water partition coefficient (Wildman–Crippen LogP) is 4.04. The minimum atomic E-state index is -0.0823. The highest BCUT2D eigenvalue weighted by Gasteiger charge is 2.32. The Morgan fingerprint density at radius 2 is 1.76 bits per heavy atom. The third-order valence-corrected chi connectivity index (χ3v) is 6.28. The molecule has 7 nitrogen and oxygen atoms in total. The van der Waals surface area contributed by atoms with Crippen molar-refractivity contribution in [1.29, 1.82) is 0 Å². The number of aromatic nitrogens is 3. The van der Waals surface area contributed by atoms with Crippen molar-refractivity contribution >= 4 is 11.8 Å². The number of nitrogens with zero attached hydrogens (tertiary/aromatic N) is 5. The zero-order valence-electron chi connectivity index (χ0n) is 19.6. The van der Waals surface area contributed by atoms with Crippen molar-refractivity contribution in [2.45, 2.75) is 46.1 Å². The van der Waals surface area contributed by atoms with Gasteiger partial charge in [0, 0.05) is 31.2 Å². The molecule has 0 unspecified atom stereocenters. The lowest BCUT2D eigenvalue weighted by Gasteiger charge is -2.38. The molecule has 3 aromatic rings. The van der Waals surface area contributed by atoms with Gasteiger partial charge in [-0.1, -0.05) is 42.5 Å². The number of carbonyl (C=O) groups excluding carboxylic acids is 2. The molecule has 1 aliphatic rings. The standard InChI is InChI=1S/C26H31N5O2/c1-4-15-30(22-13-16-29(17-14-22)25(32)21-10-6-5-7-11-21)26(33)24-20(3)31(28-27-24)23-12-8-9-19(2)18-23/h5-12,18,22H,4,13-17H2,1-3H3. The van der Waals surface area contributed by atoms with Crippen molar-refractivity contribution in [3.63, 3.8) is 0 Å². The smallest absolute Gasteiger partial charge is 0.276 e. The van der Waals surface area contributed by atoms with Gasteiger partial charge in [0.05, 0.1) is 11.4 Å². The van der Waals surface area contributed by atoms with E-state index in [0.29, 0.717) is 30.9 Å². The molecule has 0 aliphatic carbocycles. The maximum absolute atomic E-state index is 13.5. The average molecular weight is 446 g/mol. The predicted molar refractivity (Wildman–Crippen MR) is 128 cm³/mol. The van der Waals surface area contributed by atoms with E-state index >= 15 is 0 Å². The largest absolute Gasteiger partial charge is 0.338 e. The molecule has 0 bridgehead atoms. The number of rotatable bonds is 6. The minimum Gasteiger partial charge on any atom is -0.338 e. The summed E-state index contributed by atoms with van der Waals surface area (Å²) in [5.41, 5.74) is 3.87. The van der Waals surface area contributed by atoms with Gasteiger partial charge >= 0.3 is 0 Å². The minimum absolute atomic E-state index is 0.0550. The van der Waals surface area contributed by atoms with Gasteiger partial charge in [-0.25, -0.2) is 4.68 Å². The monoisotopic (exact) mass is 445 g/mol. The summed E-state index contributed by atoms with van der Waals surface area (Å²) in [6.45, 7) is 7.93. The topological polar surface area (TPSA) is 71.3 Å². The van der Waals surface area contributed by atoms with E-state index in [2.05, 4.69) is 17.2 Å². The van der Waals surface area contributed by atoms with E-state index < -0.39 is 0 Å². The van der Waals surface area contributed by atoms with Crippen molar-refractivity contribution in [1.82, 2.24) is 24.8 Å². The Labute approximate surface area is 195 Å². The summed E-state index contributed by atoms with van der Waals surface area (Å²) in [5.74, 6) is -0.0274. The van der Waals surface area contributed by atoms with Crippen LogP contribution in [-0.4, -0.2) is 62.3 Å². The second kappa shape index (κ2) is 9.98. The van der Waals surface area contributed by atoms with Crippen LogP contribution in [0, 0.1) is 13.8 Å². The van der Waals surface area contributed by atoms with Crippen LogP contribution in [0.1, 0.15) is 58.3 Å². The van der Waals surface area contributed by atoms with Gasteiger partial charge in [-0.15, -0.1) is 5.10 Å². The van der Waals surface area contributed by atoms with Gasteiger partial charge in [-0.3, -0.25) is 9.59 Å². The van der Waals surface area contributed by atoms with Crippen LogP contribution in [0.2, 0.25) is 0 Å². The molecule has 0 radical (unpaired) electrons. The Balaban J connectivity index is 1.48. The highest BCUT2D eigenvalue weighted by Crippen LogP contribution is 2.22. The molecule has 1 saturated heterocycles. The van der Waals surface area contributed by atoms with E-state index in [1.165, 1.54) is 0 Å². The first-order chi connectivity index (χ1) is 16.0. The third kappa shape index (κ3) is 4.82.